The standard InChI is InChI=1S/C21H21N7O/c1-21(2)13-27(19-7-8-24-18(12-22)25-19)28(14-21)20(29)11-16-3-5-17(6-4-16)26-10-9-23-15-26/h3-10,15H,11,13-14H2,1-2H3. The van der Waals surface area contributed by atoms with Crippen molar-refractivity contribution < 1.29 is 4.79 Å². The summed E-state index contributed by atoms with van der Waals surface area (Å²) in [6.45, 7) is 5.45. The van der Waals surface area contributed by atoms with Crippen LogP contribution >= 0.6 is 0 Å². The molecule has 0 spiro atoms. The van der Waals surface area contributed by atoms with Gasteiger partial charge in [-0.1, -0.05) is 26.0 Å². The highest BCUT2D eigenvalue weighted by atomic mass is 16.2. The molecule has 0 saturated carbocycles. The third kappa shape index (κ3) is 3.94. The lowest BCUT2D eigenvalue weighted by Gasteiger charge is -2.28. The van der Waals surface area contributed by atoms with E-state index in [9.17, 15) is 4.79 Å². The Morgan fingerprint density at radius 1 is 1.17 bits per heavy atom. The molecule has 0 N–H and O–H groups in total. The predicted octanol–water partition coefficient (Wildman–Crippen LogP) is 2.37. The summed E-state index contributed by atoms with van der Waals surface area (Å²) in [5.41, 5.74) is 1.84. The first-order chi connectivity index (χ1) is 13.9. The molecular formula is C21H21N7O. The largest absolute Gasteiger partial charge is 0.306 e. The van der Waals surface area contributed by atoms with Gasteiger partial charge in [-0.2, -0.15) is 10.2 Å². The Kier molecular flexibility index (Phi) is 4.72. The zero-order valence-electron chi connectivity index (χ0n) is 16.4. The number of aromatic nitrogens is 4. The average Bonchev–Trinajstić information content (AvgIpc) is 3.36. The lowest BCUT2D eigenvalue weighted by atomic mass is 9.95. The average molecular weight is 387 g/mol. The van der Waals surface area contributed by atoms with Crippen LogP contribution in [0.25, 0.3) is 5.69 Å². The minimum atomic E-state index is -0.0846. The molecule has 3 aromatic rings. The number of hydrogen-bond donors (Lipinski definition) is 0. The van der Waals surface area contributed by atoms with E-state index in [4.69, 9.17) is 5.26 Å². The van der Waals surface area contributed by atoms with Gasteiger partial charge in [0.2, 0.25) is 11.7 Å². The molecule has 0 atom stereocenters. The molecule has 8 heteroatoms. The van der Waals surface area contributed by atoms with E-state index in [0.29, 0.717) is 18.9 Å². The van der Waals surface area contributed by atoms with E-state index in [-0.39, 0.29) is 23.6 Å². The molecule has 1 aromatic carbocycles. The van der Waals surface area contributed by atoms with Crippen LogP contribution in [0.3, 0.4) is 0 Å². The van der Waals surface area contributed by atoms with E-state index in [1.165, 1.54) is 0 Å². The van der Waals surface area contributed by atoms with Crippen LogP contribution in [0, 0.1) is 16.7 Å². The minimum Gasteiger partial charge on any atom is -0.306 e. The van der Waals surface area contributed by atoms with Crippen LogP contribution in [0.15, 0.2) is 55.2 Å². The van der Waals surface area contributed by atoms with Gasteiger partial charge in [-0.25, -0.2) is 9.97 Å². The van der Waals surface area contributed by atoms with Gasteiger partial charge in [-0.05, 0) is 17.7 Å². The number of hydrogen-bond acceptors (Lipinski definition) is 6. The van der Waals surface area contributed by atoms with Crippen molar-refractivity contribution in [1.29, 1.82) is 5.26 Å². The van der Waals surface area contributed by atoms with E-state index in [1.54, 1.807) is 29.8 Å². The maximum absolute atomic E-state index is 13.1. The molecule has 0 unspecified atom stereocenters. The van der Waals surface area contributed by atoms with E-state index >= 15 is 0 Å². The Morgan fingerprint density at radius 3 is 2.66 bits per heavy atom. The molecule has 0 radical (unpaired) electrons. The summed E-state index contributed by atoms with van der Waals surface area (Å²) in [6.07, 6.45) is 7.17. The molecule has 29 heavy (non-hydrogen) atoms. The van der Waals surface area contributed by atoms with Crippen molar-refractivity contribution >= 4 is 11.7 Å². The Labute approximate surface area is 169 Å². The van der Waals surface area contributed by atoms with Crippen LogP contribution in [0.5, 0.6) is 0 Å². The second-order valence-electron chi connectivity index (χ2n) is 7.84. The zero-order valence-corrected chi connectivity index (χ0v) is 16.4. The molecule has 1 aliphatic rings. The molecule has 8 nitrogen and oxygen atoms in total. The third-order valence-electron chi connectivity index (χ3n) is 4.83. The van der Waals surface area contributed by atoms with Gasteiger partial charge in [0.1, 0.15) is 6.07 Å². The number of imidazole rings is 1. The maximum atomic E-state index is 13.1. The van der Waals surface area contributed by atoms with Gasteiger partial charge in [0.05, 0.1) is 12.7 Å². The van der Waals surface area contributed by atoms with Crippen LogP contribution in [0.1, 0.15) is 25.2 Å². The second-order valence-corrected chi connectivity index (χ2v) is 7.84. The van der Waals surface area contributed by atoms with Gasteiger partial charge in [-0.3, -0.25) is 14.8 Å². The molecule has 0 bridgehead atoms. The van der Waals surface area contributed by atoms with E-state index in [1.807, 2.05) is 46.1 Å². The van der Waals surface area contributed by atoms with Crippen molar-refractivity contribution in [3.8, 4) is 11.8 Å². The van der Waals surface area contributed by atoms with E-state index in [0.717, 1.165) is 11.3 Å². The molecule has 2 aromatic heterocycles. The highest BCUT2D eigenvalue weighted by molar-refractivity contribution is 5.81. The number of amides is 1. The molecule has 1 aliphatic heterocycles. The smallest absolute Gasteiger partial charge is 0.245 e. The summed E-state index contributed by atoms with van der Waals surface area (Å²) >= 11 is 0. The van der Waals surface area contributed by atoms with Crippen LogP contribution < -0.4 is 5.01 Å². The topological polar surface area (TPSA) is 90.9 Å². The first-order valence-corrected chi connectivity index (χ1v) is 9.33. The van der Waals surface area contributed by atoms with Crippen molar-refractivity contribution in [2.75, 3.05) is 18.1 Å². The molecule has 0 aliphatic carbocycles. The van der Waals surface area contributed by atoms with Crippen LogP contribution in [-0.2, 0) is 11.2 Å². The normalized spacial score (nSPS) is 15.3. The van der Waals surface area contributed by atoms with Gasteiger partial charge >= 0.3 is 0 Å². The number of benzene rings is 1. The van der Waals surface area contributed by atoms with Gasteiger partial charge in [0, 0.05) is 48.8 Å². The predicted molar refractivity (Wildman–Crippen MR) is 107 cm³/mol. The summed E-state index contributed by atoms with van der Waals surface area (Å²) in [5, 5.41) is 12.7. The summed E-state index contributed by atoms with van der Waals surface area (Å²) in [4.78, 5) is 25.4. The summed E-state index contributed by atoms with van der Waals surface area (Å²) in [5.74, 6) is 0.642. The Balaban J connectivity index is 1.53. The molecule has 1 saturated heterocycles. The SMILES string of the molecule is CC1(C)CN(C(=O)Cc2ccc(-n3ccnc3)cc2)N(c2ccnc(C#N)n2)C1. The van der Waals surface area contributed by atoms with E-state index in [2.05, 4.69) is 28.8 Å². The third-order valence-corrected chi connectivity index (χ3v) is 4.83. The highest BCUT2D eigenvalue weighted by Crippen LogP contribution is 2.31. The second kappa shape index (κ2) is 7.36. The van der Waals surface area contributed by atoms with Gasteiger partial charge < -0.3 is 4.57 Å². The van der Waals surface area contributed by atoms with Crippen LogP contribution in [-0.4, -0.2) is 43.5 Å². The summed E-state index contributed by atoms with van der Waals surface area (Å²) in [6, 6.07) is 11.5. The summed E-state index contributed by atoms with van der Waals surface area (Å²) < 4.78 is 1.91. The number of hydrazine groups is 1. The number of rotatable bonds is 4. The van der Waals surface area contributed by atoms with Gasteiger partial charge in [0.15, 0.2) is 5.82 Å². The first kappa shape index (κ1) is 18.6. The molecular weight excluding hydrogens is 366 g/mol. The lowest BCUT2D eigenvalue weighted by Crippen LogP contribution is -2.42. The Morgan fingerprint density at radius 2 is 1.97 bits per heavy atom. The number of anilines is 1. The number of carbonyl (C=O) groups is 1. The highest BCUT2D eigenvalue weighted by Gasteiger charge is 2.39. The molecule has 1 amide bonds. The van der Waals surface area contributed by atoms with Crippen molar-refractivity contribution in [2.24, 2.45) is 5.41 Å². The Bertz CT molecular complexity index is 1050. The van der Waals surface area contributed by atoms with Gasteiger partial charge in [0.25, 0.3) is 0 Å². The maximum Gasteiger partial charge on any atom is 0.245 e. The fourth-order valence-corrected chi connectivity index (χ4v) is 3.47. The molecule has 146 valence electrons. The van der Waals surface area contributed by atoms with Crippen LogP contribution in [0.4, 0.5) is 5.82 Å². The monoisotopic (exact) mass is 387 g/mol. The van der Waals surface area contributed by atoms with Crippen molar-refractivity contribution in [2.45, 2.75) is 20.3 Å². The van der Waals surface area contributed by atoms with Crippen molar-refractivity contribution in [3.05, 3.63) is 66.6 Å². The lowest BCUT2D eigenvalue weighted by molar-refractivity contribution is -0.130. The van der Waals surface area contributed by atoms with Crippen molar-refractivity contribution in [1.82, 2.24) is 24.5 Å². The number of nitrogens with zero attached hydrogens (tertiary/aromatic N) is 7. The molecule has 3 heterocycles. The van der Waals surface area contributed by atoms with Gasteiger partial charge in [-0.15, -0.1) is 0 Å². The molecule has 4 rings (SSSR count). The van der Waals surface area contributed by atoms with Crippen LogP contribution in [0.2, 0.25) is 0 Å². The van der Waals surface area contributed by atoms with Crippen molar-refractivity contribution in [3.63, 3.8) is 0 Å². The minimum absolute atomic E-state index is 0.0110. The van der Waals surface area contributed by atoms with E-state index < -0.39 is 0 Å². The number of nitriles is 1. The fourth-order valence-electron chi connectivity index (χ4n) is 3.47. The zero-order chi connectivity index (χ0) is 20.4. The first-order valence-electron chi connectivity index (χ1n) is 9.33. The number of carbonyl (C=O) groups excluding carboxylic acids is 1. The summed E-state index contributed by atoms with van der Waals surface area (Å²) in [7, 11) is 0. The quantitative estimate of drug-likeness (QED) is 0.683. The fraction of sp³-hybridized carbons (Fsp3) is 0.286. The Hall–Kier alpha value is -3.73. The molecule has 1 fully saturated rings.